The van der Waals surface area contributed by atoms with Gasteiger partial charge in [-0.3, -0.25) is 4.79 Å². The highest BCUT2D eigenvalue weighted by molar-refractivity contribution is 6.35. The van der Waals surface area contributed by atoms with Crippen molar-refractivity contribution in [2.45, 2.75) is 13.3 Å². The zero-order valence-corrected chi connectivity index (χ0v) is 19.5. The Kier molecular flexibility index (Phi) is 7.33. The first-order chi connectivity index (χ1) is 16.1. The lowest BCUT2D eigenvalue weighted by molar-refractivity contribution is 0.0948. The number of rotatable bonds is 8. The molecule has 4 aromatic rings. The number of ether oxygens (including phenoxy) is 1. The van der Waals surface area contributed by atoms with Gasteiger partial charge in [0.2, 0.25) is 0 Å². The van der Waals surface area contributed by atoms with Gasteiger partial charge in [-0.1, -0.05) is 83.8 Å². The van der Waals surface area contributed by atoms with Crippen LogP contribution in [0.25, 0.3) is 22.6 Å². The summed E-state index contributed by atoms with van der Waals surface area (Å²) in [4.78, 5) is 13.3. The Morgan fingerprint density at radius 1 is 1.00 bits per heavy atom. The molecule has 0 unspecified atom stereocenters. The number of aryl methyl sites for hydroxylation is 1. The highest BCUT2D eigenvalue weighted by Gasteiger charge is 2.25. The van der Waals surface area contributed by atoms with Crippen molar-refractivity contribution in [2.24, 2.45) is 0 Å². The molecule has 5 nitrogen and oxygen atoms in total. The molecule has 0 saturated heterocycles. The summed E-state index contributed by atoms with van der Waals surface area (Å²) in [6.07, 6.45) is 0.878. The predicted molar refractivity (Wildman–Crippen MR) is 131 cm³/mol. The second kappa shape index (κ2) is 10.6. The van der Waals surface area contributed by atoms with Gasteiger partial charge >= 0.3 is 0 Å². The molecule has 0 fully saturated rings. The second-order valence-electron chi connectivity index (χ2n) is 7.33. The van der Waals surface area contributed by atoms with Gasteiger partial charge in [-0.2, -0.15) is 0 Å². The van der Waals surface area contributed by atoms with Crippen LogP contribution >= 0.6 is 23.2 Å². The Hall–Kier alpha value is -3.28. The second-order valence-corrected chi connectivity index (χ2v) is 8.18. The number of nitrogens with one attached hydrogen (secondary N) is 1. The van der Waals surface area contributed by atoms with Crippen LogP contribution in [0.3, 0.4) is 0 Å². The van der Waals surface area contributed by atoms with E-state index in [1.54, 1.807) is 18.2 Å². The number of amides is 1. The average Bonchev–Trinajstić information content (AvgIpc) is 3.29. The number of hydrogen-bond acceptors (Lipinski definition) is 4. The third-order valence-electron chi connectivity index (χ3n) is 5.10. The van der Waals surface area contributed by atoms with E-state index in [1.807, 2.05) is 54.6 Å². The zero-order valence-electron chi connectivity index (χ0n) is 18.0. The number of aromatic nitrogens is 1. The number of hydrogen-bond donors (Lipinski definition) is 1. The molecule has 0 atom stereocenters. The molecule has 0 radical (unpaired) electrons. The molecule has 0 bridgehead atoms. The summed E-state index contributed by atoms with van der Waals surface area (Å²) >= 11 is 12.1. The van der Waals surface area contributed by atoms with Crippen LogP contribution in [-0.4, -0.2) is 24.2 Å². The quantitative estimate of drug-likeness (QED) is 0.285. The Bertz CT molecular complexity index is 1260. The van der Waals surface area contributed by atoms with Crippen LogP contribution in [0.2, 0.25) is 10.0 Å². The van der Waals surface area contributed by atoms with Gasteiger partial charge in [-0.05, 0) is 36.2 Å². The van der Waals surface area contributed by atoms with Gasteiger partial charge in [0.25, 0.3) is 5.91 Å². The lowest BCUT2D eigenvalue weighted by Crippen LogP contribution is -2.28. The van der Waals surface area contributed by atoms with Gasteiger partial charge < -0.3 is 14.6 Å². The van der Waals surface area contributed by atoms with Gasteiger partial charge in [0, 0.05) is 16.1 Å². The van der Waals surface area contributed by atoms with Crippen molar-refractivity contribution in [1.29, 1.82) is 0 Å². The third kappa shape index (κ3) is 5.38. The molecule has 33 heavy (non-hydrogen) atoms. The van der Waals surface area contributed by atoms with E-state index >= 15 is 0 Å². The minimum atomic E-state index is -0.294. The van der Waals surface area contributed by atoms with Crippen LogP contribution in [0.4, 0.5) is 0 Å². The molecule has 0 spiro atoms. The standard InChI is InChI=1S/C26H22Cl2N2O3/c1-2-17-7-6-10-19(15-17)24-23(25(33-30-24)18-8-4-3-5-9-18)26(31)29-13-14-32-22-12-11-20(27)16-21(22)28/h3-12,15-16H,2,13-14H2,1H3,(H,29,31). The summed E-state index contributed by atoms with van der Waals surface area (Å²) < 4.78 is 11.3. The van der Waals surface area contributed by atoms with E-state index in [2.05, 4.69) is 17.4 Å². The van der Waals surface area contributed by atoms with E-state index < -0.39 is 0 Å². The number of nitrogens with zero attached hydrogens (tertiary/aromatic N) is 1. The predicted octanol–water partition coefficient (Wildman–Crippen LogP) is 6.69. The molecule has 168 valence electrons. The zero-order chi connectivity index (χ0) is 23.2. The number of halogens is 2. The first-order valence-electron chi connectivity index (χ1n) is 10.6. The lowest BCUT2D eigenvalue weighted by atomic mass is 10.00. The summed E-state index contributed by atoms with van der Waals surface area (Å²) in [7, 11) is 0. The van der Waals surface area contributed by atoms with Gasteiger partial charge in [-0.25, -0.2) is 0 Å². The summed E-state index contributed by atoms with van der Waals surface area (Å²) in [5.74, 6) is 0.631. The monoisotopic (exact) mass is 480 g/mol. The molecule has 1 heterocycles. The smallest absolute Gasteiger partial charge is 0.257 e. The largest absolute Gasteiger partial charge is 0.490 e. The van der Waals surface area contributed by atoms with Crippen LogP contribution in [-0.2, 0) is 6.42 Å². The summed E-state index contributed by atoms with van der Waals surface area (Å²) in [6, 6.07) is 22.4. The number of carbonyl (C=O) groups excluding carboxylic acids is 1. The van der Waals surface area contributed by atoms with E-state index in [0.29, 0.717) is 32.8 Å². The first-order valence-corrected chi connectivity index (χ1v) is 11.3. The minimum Gasteiger partial charge on any atom is -0.490 e. The van der Waals surface area contributed by atoms with E-state index in [9.17, 15) is 4.79 Å². The summed E-state index contributed by atoms with van der Waals surface area (Å²) in [5.41, 5.74) is 3.64. The average molecular weight is 481 g/mol. The maximum Gasteiger partial charge on any atom is 0.257 e. The van der Waals surface area contributed by atoms with E-state index in [-0.39, 0.29) is 19.1 Å². The molecule has 3 aromatic carbocycles. The van der Waals surface area contributed by atoms with Crippen molar-refractivity contribution >= 4 is 29.1 Å². The van der Waals surface area contributed by atoms with Crippen molar-refractivity contribution in [1.82, 2.24) is 10.5 Å². The van der Waals surface area contributed by atoms with Gasteiger partial charge in [0.15, 0.2) is 5.76 Å². The van der Waals surface area contributed by atoms with Crippen LogP contribution in [0, 0.1) is 0 Å². The van der Waals surface area contributed by atoms with Gasteiger partial charge in [-0.15, -0.1) is 0 Å². The minimum absolute atomic E-state index is 0.236. The highest BCUT2D eigenvalue weighted by Crippen LogP contribution is 2.33. The van der Waals surface area contributed by atoms with Crippen molar-refractivity contribution in [3.63, 3.8) is 0 Å². The molecule has 4 rings (SSSR count). The Morgan fingerprint density at radius 3 is 2.55 bits per heavy atom. The topological polar surface area (TPSA) is 64.4 Å². The fourth-order valence-corrected chi connectivity index (χ4v) is 3.89. The molecule has 1 aromatic heterocycles. The van der Waals surface area contributed by atoms with Crippen LogP contribution in [0.5, 0.6) is 5.75 Å². The van der Waals surface area contributed by atoms with Crippen LogP contribution in [0.15, 0.2) is 77.3 Å². The molecule has 1 N–H and O–H groups in total. The third-order valence-corrected chi connectivity index (χ3v) is 5.63. The van der Waals surface area contributed by atoms with Crippen molar-refractivity contribution in [2.75, 3.05) is 13.2 Å². The highest BCUT2D eigenvalue weighted by atomic mass is 35.5. The normalized spacial score (nSPS) is 10.8. The molecule has 7 heteroatoms. The maximum atomic E-state index is 13.3. The van der Waals surface area contributed by atoms with E-state index in [0.717, 1.165) is 23.1 Å². The summed E-state index contributed by atoms with van der Waals surface area (Å²) in [5, 5.41) is 8.10. The Labute approximate surface area is 202 Å². The maximum absolute atomic E-state index is 13.3. The summed E-state index contributed by atoms with van der Waals surface area (Å²) in [6.45, 7) is 2.59. The van der Waals surface area contributed by atoms with E-state index in [4.69, 9.17) is 32.5 Å². The Balaban J connectivity index is 1.56. The van der Waals surface area contributed by atoms with Crippen LogP contribution in [0.1, 0.15) is 22.8 Å². The number of carbonyl (C=O) groups is 1. The fourth-order valence-electron chi connectivity index (χ4n) is 3.43. The van der Waals surface area contributed by atoms with Crippen molar-refractivity contribution < 1.29 is 14.1 Å². The number of benzene rings is 3. The molecule has 0 saturated carbocycles. The molecule has 0 aliphatic carbocycles. The van der Waals surface area contributed by atoms with Gasteiger partial charge in [0.05, 0.1) is 11.6 Å². The van der Waals surface area contributed by atoms with Crippen molar-refractivity contribution in [3.05, 3.63) is 94.0 Å². The Morgan fingerprint density at radius 2 is 1.79 bits per heavy atom. The molecule has 0 aliphatic rings. The molecular formula is C26H22Cl2N2O3. The fraction of sp³-hybridized carbons (Fsp3) is 0.154. The van der Waals surface area contributed by atoms with Crippen LogP contribution < -0.4 is 10.1 Å². The lowest BCUT2D eigenvalue weighted by Gasteiger charge is -2.10. The SMILES string of the molecule is CCc1cccc(-c2noc(-c3ccccc3)c2C(=O)NCCOc2ccc(Cl)cc2Cl)c1. The molecular weight excluding hydrogens is 459 g/mol. The van der Waals surface area contributed by atoms with Crippen molar-refractivity contribution in [3.8, 4) is 28.3 Å². The molecule has 1 amide bonds. The van der Waals surface area contributed by atoms with Gasteiger partial charge in [0.1, 0.15) is 23.6 Å². The molecule has 0 aliphatic heterocycles. The van der Waals surface area contributed by atoms with E-state index in [1.165, 1.54) is 0 Å². The first kappa shape index (κ1) is 22.9.